The minimum absolute atomic E-state index is 0.0777. The van der Waals surface area contributed by atoms with E-state index in [1.807, 2.05) is 6.92 Å². The Morgan fingerprint density at radius 3 is 2.85 bits per heavy atom. The van der Waals surface area contributed by atoms with Crippen LogP contribution in [-0.2, 0) is 18.3 Å². The van der Waals surface area contributed by atoms with Gasteiger partial charge in [-0.2, -0.15) is 0 Å². The summed E-state index contributed by atoms with van der Waals surface area (Å²) in [4.78, 5) is 12.0. The number of methoxy groups -OCH3 is 1. The number of benzene rings is 1. The first kappa shape index (κ1) is 14.3. The number of hydrogen-bond acceptors (Lipinski definition) is 5. The third-order valence-corrected chi connectivity index (χ3v) is 3.19. The van der Waals surface area contributed by atoms with Gasteiger partial charge in [0.05, 0.1) is 19.2 Å². The van der Waals surface area contributed by atoms with Crippen molar-refractivity contribution in [3.05, 3.63) is 28.5 Å². The van der Waals surface area contributed by atoms with E-state index in [0.717, 1.165) is 5.56 Å². The maximum absolute atomic E-state index is 12.0. The van der Waals surface area contributed by atoms with Crippen molar-refractivity contribution in [2.75, 3.05) is 12.4 Å². The molecule has 1 aromatic heterocycles. The number of anilines is 1. The van der Waals surface area contributed by atoms with E-state index >= 15 is 0 Å². The second-order valence-electron chi connectivity index (χ2n) is 4.25. The number of nitrogens with zero attached hydrogens (tertiary/aromatic N) is 4. The zero-order chi connectivity index (χ0) is 14.7. The molecule has 0 radical (unpaired) electrons. The third kappa shape index (κ3) is 3.05. The SMILES string of the molecule is COc1cc(Cl)c(C)cc1NC(=O)Cc1nnnn1C. The van der Waals surface area contributed by atoms with E-state index in [9.17, 15) is 4.79 Å². The monoisotopic (exact) mass is 295 g/mol. The van der Waals surface area contributed by atoms with Crippen molar-refractivity contribution in [2.45, 2.75) is 13.3 Å². The Morgan fingerprint density at radius 1 is 1.50 bits per heavy atom. The fraction of sp³-hybridized carbons (Fsp3) is 0.333. The van der Waals surface area contributed by atoms with Crippen LogP contribution in [0, 0.1) is 6.92 Å². The lowest BCUT2D eigenvalue weighted by molar-refractivity contribution is -0.115. The second kappa shape index (κ2) is 5.87. The van der Waals surface area contributed by atoms with Crippen molar-refractivity contribution in [2.24, 2.45) is 7.05 Å². The summed E-state index contributed by atoms with van der Waals surface area (Å²) in [5, 5.41) is 14.3. The van der Waals surface area contributed by atoms with Crippen LogP contribution in [0.1, 0.15) is 11.4 Å². The average molecular weight is 296 g/mol. The van der Waals surface area contributed by atoms with Gasteiger partial charge in [-0.15, -0.1) is 5.10 Å². The van der Waals surface area contributed by atoms with Crippen molar-refractivity contribution in [1.29, 1.82) is 0 Å². The molecule has 0 unspecified atom stereocenters. The lowest BCUT2D eigenvalue weighted by Crippen LogP contribution is -2.17. The highest BCUT2D eigenvalue weighted by Crippen LogP contribution is 2.30. The summed E-state index contributed by atoms with van der Waals surface area (Å²) in [6, 6.07) is 3.42. The van der Waals surface area contributed by atoms with E-state index in [2.05, 4.69) is 20.8 Å². The number of halogens is 1. The summed E-state index contributed by atoms with van der Waals surface area (Å²) in [5.74, 6) is 0.750. The molecule has 106 valence electrons. The zero-order valence-corrected chi connectivity index (χ0v) is 12.1. The van der Waals surface area contributed by atoms with Gasteiger partial charge in [-0.05, 0) is 29.0 Å². The number of nitrogens with one attached hydrogen (secondary N) is 1. The van der Waals surface area contributed by atoms with Gasteiger partial charge in [0, 0.05) is 18.1 Å². The summed E-state index contributed by atoms with van der Waals surface area (Å²) in [6.45, 7) is 1.85. The number of carbonyl (C=O) groups excluding carboxylic acids is 1. The van der Waals surface area contributed by atoms with E-state index in [-0.39, 0.29) is 12.3 Å². The van der Waals surface area contributed by atoms with Gasteiger partial charge in [-0.1, -0.05) is 11.6 Å². The molecule has 0 fully saturated rings. The molecule has 1 aromatic carbocycles. The highest BCUT2D eigenvalue weighted by molar-refractivity contribution is 6.31. The molecule has 20 heavy (non-hydrogen) atoms. The number of aromatic nitrogens is 4. The molecule has 0 aliphatic heterocycles. The van der Waals surface area contributed by atoms with Crippen LogP contribution in [-0.4, -0.2) is 33.2 Å². The molecule has 0 aliphatic rings. The van der Waals surface area contributed by atoms with Crippen LogP contribution in [0.15, 0.2) is 12.1 Å². The van der Waals surface area contributed by atoms with E-state index < -0.39 is 0 Å². The van der Waals surface area contributed by atoms with Crippen LogP contribution >= 0.6 is 11.6 Å². The summed E-state index contributed by atoms with van der Waals surface area (Å²) < 4.78 is 6.64. The first-order valence-electron chi connectivity index (χ1n) is 5.86. The fourth-order valence-electron chi connectivity index (χ4n) is 1.67. The van der Waals surface area contributed by atoms with Crippen molar-refractivity contribution in [3.8, 4) is 5.75 Å². The molecule has 0 aliphatic carbocycles. The van der Waals surface area contributed by atoms with Crippen LogP contribution in [0.4, 0.5) is 5.69 Å². The molecule has 1 N–H and O–H groups in total. The van der Waals surface area contributed by atoms with Crippen LogP contribution in [0.25, 0.3) is 0 Å². The van der Waals surface area contributed by atoms with Gasteiger partial charge in [-0.25, -0.2) is 4.68 Å². The molecule has 2 aromatic rings. The molecule has 7 nitrogen and oxygen atoms in total. The maximum atomic E-state index is 12.0. The topological polar surface area (TPSA) is 81.9 Å². The number of carbonyl (C=O) groups is 1. The number of rotatable bonds is 4. The lowest BCUT2D eigenvalue weighted by Gasteiger charge is -2.12. The normalized spacial score (nSPS) is 10.4. The maximum Gasteiger partial charge on any atom is 0.232 e. The van der Waals surface area contributed by atoms with Crippen LogP contribution in [0.3, 0.4) is 0 Å². The highest BCUT2D eigenvalue weighted by atomic mass is 35.5. The van der Waals surface area contributed by atoms with E-state index in [1.54, 1.807) is 19.2 Å². The minimum atomic E-state index is -0.233. The predicted molar refractivity (Wildman–Crippen MR) is 73.9 cm³/mol. The van der Waals surface area contributed by atoms with Crippen LogP contribution in [0.5, 0.6) is 5.75 Å². The van der Waals surface area contributed by atoms with Gasteiger partial charge < -0.3 is 10.1 Å². The first-order valence-corrected chi connectivity index (χ1v) is 6.24. The summed E-state index contributed by atoms with van der Waals surface area (Å²) >= 11 is 6.01. The van der Waals surface area contributed by atoms with E-state index in [4.69, 9.17) is 16.3 Å². The number of aryl methyl sites for hydroxylation is 2. The minimum Gasteiger partial charge on any atom is -0.495 e. The van der Waals surface area contributed by atoms with Crippen molar-refractivity contribution < 1.29 is 9.53 Å². The molecule has 1 heterocycles. The van der Waals surface area contributed by atoms with Crippen molar-refractivity contribution in [1.82, 2.24) is 20.2 Å². The Hall–Kier alpha value is -2.15. The quantitative estimate of drug-likeness (QED) is 0.921. The van der Waals surface area contributed by atoms with E-state index in [0.29, 0.717) is 22.3 Å². The Bertz CT molecular complexity index is 641. The molecular formula is C12H14ClN5O2. The van der Waals surface area contributed by atoms with Gasteiger partial charge in [0.2, 0.25) is 5.91 Å². The Kier molecular flexibility index (Phi) is 4.19. The average Bonchev–Trinajstić information content (AvgIpc) is 2.79. The first-order chi connectivity index (χ1) is 9.51. The number of amides is 1. The number of tetrazole rings is 1. The largest absolute Gasteiger partial charge is 0.495 e. The third-order valence-electron chi connectivity index (χ3n) is 2.78. The number of ether oxygens (including phenoxy) is 1. The fourth-order valence-corrected chi connectivity index (χ4v) is 1.82. The van der Waals surface area contributed by atoms with E-state index in [1.165, 1.54) is 11.8 Å². The molecule has 1 amide bonds. The molecule has 0 saturated carbocycles. The van der Waals surface area contributed by atoms with Gasteiger partial charge in [0.15, 0.2) is 5.82 Å². The molecule has 0 atom stereocenters. The van der Waals surface area contributed by atoms with Gasteiger partial charge >= 0.3 is 0 Å². The van der Waals surface area contributed by atoms with Crippen LogP contribution in [0.2, 0.25) is 5.02 Å². The second-order valence-corrected chi connectivity index (χ2v) is 4.65. The molecule has 0 bridgehead atoms. The lowest BCUT2D eigenvalue weighted by atomic mass is 10.2. The Balaban J connectivity index is 2.15. The zero-order valence-electron chi connectivity index (χ0n) is 11.3. The molecule has 8 heteroatoms. The molecular weight excluding hydrogens is 282 g/mol. The molecule has 2 rings (SSSR count). The Morgan fingerprint density at radius 2 is 2.25 bits per heavy atom. The smallest absolute Gasteiger partial charge is 0.232 e. The van der Waals surface area contributed by atoms with Gasteiger partial charge in [0.1, 0.15) is 5.75 Å². The summed E-state index contributed by atoms with van der Waals surface area (Å²) in [5.41, 5.74) is 1.41. The predicted octanol–water partition coefficient (Wildman–Crippen LogP) is 1.36. The van der Waals surface area contributed by atoms with Gasteiger partial charge in [0.25, 0.3) is 0 Å². The Labute approximate surface area is 120 Å². The van der Waals surface area contributed by atoms with Crippen molar-refractivity contribution in [3.63, 3.8) is 0 Å². The summed E-state index contributed by atoms with van der Waals surface area (Å²) in [6.07, 6.45) is 0.0777. The summed E-state index contributed by atoms with van der Waals surface area (Å²) in [7, 11) is 3.19. The number of hydrogen-bond donors (Lipinski definition) is 1. The van der Waals surface area contributed by atoms with Gasteiger partial charge in [-0.3, -0.25) is 4.79 Å². The van der Waals surface area contributed by atoms with Crippen LogP contribution < -0.4 is 10.1 Å². The highest BCUT2D eigenvalue weighted by Gasteiger charge is 2.13. The molecule has 0 spiro atoms. The van der Waals surface area contributed by atoms with Crippen molar-refractivity contribution >= 4 is 23.2 Å². The molecule has 0 saturated heterocycles. The standard InChI is InChI=1S/C12H14ClN5O2/c1-7-4-9(10(20-3)5-8(7)13)14-12(19)6-11-15-16-17-18(11)2/h4-5H,6H2,1-3H3,(H,14,19).